The molecule has 0 spiro atoms. The van der Waals surface area contributed by atoms with Gasteiger partial charge in [-0.25, -0.2) is 0 Å². The van der Waals surface area contributed by atoms with Crippen molar-refractivity contribution in [3.05, 3.63) is 136 Å². The Kier molecular flexibility index (Phi) is 6.59. The first-order valence-electron chi connectivity index (χ1n) is 11.5. The van der Waals surface area contributed by atoms with Gasteiger partial charge in [-0.1, -0.05) is 97.1 Å². The van der Waals surface area contributed by atoms with Gasteiger partial charge in [0.15, 0.2) is 0 Å². The third-order valence-electron chi connectivity index (χ3n) is 5.99. The number of rotatable bonds is 6. The molecule has 1 aliphatic heterocycles. The van der Waals surface area contributed by atoms with Crippen LogP contribution in [0.1, 0.15) is 33.3 Å². The van der Waals surface area contributed by atoms with Crippen LogP contribution in [0, 0.1) is 13.8 Å². The van der Waals surface area contributed by atoms with E-state index in [9.17, 15) is 0 Å². The SMILES string of the molecule is Cc1n[nH]c(C)c1N=CC1=C(c2ccccc2)SC(c2ccccc2)C(Cc2ccccc2)=C1. The monoisotopic (exact) mass is 461 g/mol. The van der Waals surface area contributed by atoms with E-state index in [1.165, 1.54) is 27.2 Å². The van der Waals surface area contributed by atoms with Gasteiger partial charge in [0.2, 0.25) is 0 Å². The molecule has 3 aromatic carbocycles. The number of aromatic amines is 1. The summed E-state index contributed by atoms with van der Waals surface area (Å²) >= 11 is 1.92. The zero-order chi connectivity index (χ0) is 23.3. The first-order valence-corrected chi connectivity index (χ1v) is 12.4. The fourth-order valence-corrected chi connectivity index (χ4v) is 5.63. The molecule has 5 rings (SSSR count). The van der Waals surface area contributed by atoms with E-state index < -0.39 is 0 Å². The highest BCUT2D eigenvalue weighted by atomic mass is 32.2. The minimum absolute atomic E-state index is 0.242. The maximum atomic E-state index is 4.87. The highest BCUT2D eigenvalue weighted by molar-refractivity contribution is 8.08. The van der Waals surface area contributed by atoms with Crippen LogP contribution in [-0.2, 0) is 6.42 Å². The number of benzene rings is 3. The maximum Gasteiger partial charge on any atom is 0.106 e. The topological polar surface area (TPSA) is 41.0 Å². The van der Waals surface area contributed by atoms with Crippen LogP contribution in [0.25, 0.3) is 4.91 Å². The number of allylic oxidation sites excluding steroid dienone is 2. The van der Waals surface area contributed by atoms with Gasteiger partial charge in [0, 0.05) is 16.7 Å². The highest BCUT2D eigenvalue weighted by Gasteiger charge is 2.26. The molecule has 0 amide bonds. The van der Waals surface area contributed by atoms with E-state index in [0.29, 0.717) is 0 Å². The predicted molar refractivity (Wildman–Crippen MR) is 145 cm³/mol. The van der Waals surface area contributed by atoms with Gasteiger partial charge < -0.3 is 0 Å². The average molecular weight is 462 g/mol. The van der Waals surface area contributed by atoms with Crippen molar-refractivity contribution in [1.29, 1.82) is 0 Å². The van der Waals surface area contributed by atoms with Gasteiger partial charge in [-0.3, -0.25) is 10.1 Å². The van der Waals surface area contributed by atoms with Gasteiger partial charge in [-0.15, -0.1) is 11.8 Å². The van der Waals surface area contributed by atoms with Crippen LogP contribution in [0.15, 0.2) is 113 Å². The molecule has 3 nitrogen and oxygen atoms in total. The van der Waals surface area contributed by atoms with Crippen LogP contribution < -0.4 is 0 Å². The molecule has 0 saturated carbocycles. The van der Waals surface area contributed by atoms with Crippen molar-refractivity contribution < 1.29 is 0 Å². The summed E-state index contributed by atoms with van der Waals surface area (Å²) < 4.78 is 0. The molecule has 1 aromatic heterocycles. The fourth-order valence-electron chi connectivity index (χ4n) is 4.28. The van der Waals surface area contributed by atoms with Gasteiger partial charge in [0.1, 0.15) is 5.69 Å². The molecular weight excluding hydrogens is 434 g/mol. The first-order chi connectivity index (χ1) is 16.7. The number of H-pyrrole nitrogens is 1. The van der Waals surface area contributed by atoms with E-state index in [4.69, 9.17) is 4.99 Å². The van der Waals surface area contributed by atoms with Crippen LogP contribution in [0.4, 0.5) is 5.69 Å². The normalized spacial score (nSPS) is 16.2. The molecule has 2 heterocycles. The number of hydrogen-bond donors (Lipinski definition) is 1. The van der Waals surface area contributed by atoms with Crippen molar-refractivity contribution in [3.63, 3.8) is 0 Å². The molecule has 1 aliphatic rings. The van der Waals surface area contributed by atoms with Gasteiger partial charge in [-0.2, -0.15) is 5.10 Å². The molecule has 168 valence electrons. The van der Waals surface area contributed by atoms with Crippen molar-refractivity contribution in [2.75, 3.05) is 0 Å². The van der Waals surface area contributed by atoms with Crippen molar-refractivity contribution in [1.82, 2.24) is 10.2 Å². The number of thioether (sulfide) groups is 1. The summed E-state index contributed by atoms with van der Waals surface area (Å²) in [7, 11) is 0. The third kappa shape index (κ3) is 4.82. The summed E-state index contributed by atoms with van der Waals surface area (Å²) in [5.41, 5.74) is 9.17. The van der Waals surface area contributed by atoms with Crippen molar-refractivity contribution in [2.24, 2.45) is 4.99 Å². The molecule has 0 bridgehead atoms. The summed E-state index contributed by atoms with van der Waals surface area (Å²) in [6.45, 7) is 4.00. The predicted octanol–water partition coefficient (Wildman–Crippen LogP) is 7.80. The van der Waals surface area contributed by atoms with E-state index in [1.54, 1.807) is 0 Å². The molecule has 0 saturated heterocycles. The Morgan fingerprint density at radius 1 is 0.882 bits per heavy atom. The standard InChI is InChI=1S/C30H27N3S/c1-21-28(22(2)33-32-21)31-20-27-19-26(18-23-12-6-3-7-13-23)29(24-14-8-4-9-15-24)34-30(27)25-16-10-5-11-17-25/h3-17,19-20,29H,18H2,1-2H3,(H,32,33). The quantitative estimate of drug-likeness (QED) is 0.298. The van der Waals surface area contributed by atoms with E-state index in [1.807, 2.05) is 31.8 Å². The number of aromatic nitrogens is 2. The molecule has 0 radical (unpaired) electrons. The Morgan fingerprint density at radius 3 is 2.18 bits per heavy atom. The van der Waals surface area contributed by atoms with Crippen LogP contribution in [0.5, 0.6) is 0 Å². The molecule has 0 fully saturated rings. The Bertz CT molecular complexity index is 1330. The minimum Gasteiger partial charge on any atom is -0.280 e. The number of aryl methyl sites for hydroxylation is 2. The second-order valence-corrected chi connectivity index (χ2v) is 9.60. The number of aliphatic imine (C=N–C) groups is 1. The summed E-state index contributed by atoms with van der Waals surface area (Å²) in [5.74, 6) is 0. The summed E-state index contributed by atoms with van der Waals surface area (Å²) in [4.78, 5) is 6.11. The Balaban J connectivity index is 1.63. The second kappa shape index (κ2) is 10.1. The Labute approximate surface area is 205 Å². The highest BCUT2D eigenvalue weighted by Crippen LogP contribution is 2.50. The third-order valence-corrected chi connectivity index (χ3v) is 7.50. The minimum atomic E-state index is 0.242. The largest absolute Gasteiger partial charge is 0.280 e. The van der Waals surface area contributed by atoms with E-state index in [0.717, 1.165) is 29.1 Å². The number of nitrogens with zero attached hydrogens (tertiary/aromatic N) is 2. The first kappa shape index (κ1) is 22.2. The maximum absolute atomic E-state index is 4.87. The Morgan fingerprint density at radius 2 is 1.53 bits per heavy atom. The fraction of sp³-hybridized carbons (Fsp3) is 0.133. The van der Waals surface area contributed by atoms with E-state index >= 15 is 0 Å². The summed E-state index contributed by atoms with van der Waals surface area (Å²) in [6, 6.07) is 32.1. The van der Waals surface area contributed by atoms with E-state index in [-0.39, 0.29) is 5.25 Å². The molecule has 1 unspecified atom stereocenters. The van der Waals surface area contributed by atoms with Gasteiger partial charge in [0.25, 0.3) is 0 Å². The van der Waals surface area contributed by atoms with Gasteiger partial charge in [0.05, 0.1) is 16.6 Å². The van der Waals surface area contributed by atoms with Crippen LogP contribution in [0.2, 0.25) is 0 Å². The lowest BCUT2D eigenvalue weighted by atomic mass is 9.94. The molecule has 34 heavy (non-hydrogen) atoms. The van der Waals surface area contributed by atoms with Gasteiger partial charge >= 0.3 is 0 Å². The number of hydrogen-bond acceptors (Lipinski definition) is 3. The zero-order valence-electron chi connectivity index (χ0n) is 19.4. The lowest BCUT2D eigenvalue weighted by Gasteiger charge is -2.28. The molecule has 0 aliphatic carbocycles. The zero-order valence-corrected chi connectivity index (χ0v) is 20.2. The Hall–Kier alpha value is -3.63. The lowest BCUT2D eigenvalue weighted by molar-refractivity contribution is 1.01. The second-order valence-electron chi connectivity index (χ2n) is 8.48. The van der Waals surface area contributed by atoms with Crippen LogP contribution in [0.3, 0.4) is 0 Å². The molecular formula is C30H27N3S. The summed E-state index contributed by atoms with van der Waals surface area (Å²) in [6.07, 6.45) is 5.25. The van der Waals surface area contributed by atoms with Gasteiger partial charge in [-0.05, 0) is 42.5 Å². The number of nitrogens with one attached hydrogen (secondary N) is 1. The van der Waals surface area contributed by atoms with Crippen molar-refractivity contribution in [2.45, 2.75) is 25.5 Å². The molecule has 1 atom stereocenters. The summed E-state index contributed by atoms with van der Waals surface area (Å²) in [5, 5.41) is 7.58. The molecule has 4 aromatic rings. The van der Waals surface area contributed by atoms with Crippen LogP contribution >= 0.6 is 11.8 Å². The van der Waals surface area contributed by atoms with E-state index in [2.05, 4.69) is 107 Å². The molecule has 1 N–H and O–H groups in total. The smallest absolute Gasteiger partial charge is 0.106 e. The lowest BCUT2D eigenvalue weighted by Crippen LogP contribution is -2.08. The van der Waals surface area contributed by atoms with Crippen molar-refractivity contribution in [3.8, 4) is 0 Å². The molecule has 4 heteroatoms. The average Bonchev–Trinajstić information content (AvgIpc) is 3.21. The van der Waals surface area contributed by atoms with Crippen LogP contribution in [-0.4, -0.2) is 16.4 Å². The van der Waals surface area contributed by atoms with Crippen molar-refractivity contribution >= 4 is 28.6 Å².